The molecule has 0 bridgehead atoms. The quantitative estimate of drug-likeness (QED) is 0.457. The summed E-state index contributed by atoms with van der Waals surface area (Å²) in [6, 6.07) is 18.3. The van der Waals surface area contributed by atoms with Gasteiger partial charge in [-0.25, -0.2) is 4.39 Å². The summed E-state index contributed by atoms with van der Waals surface area (Å²) in [7, 11) is 0. The molecule has 1 N–H and O–H groups in total. The van der Waals surface area contributed by atoms with E-state index in [9.17, 15) is 9.18 Å². The molecule has 2 aromatic carbocycles. The van der Waals surface area contributed by atoms with Crippen molar-refractivity contribution in [3.63, 3.8) is 0 Å². The normalized spacial score (nSPS) is 11.0. The van der Waals surface area contributed by atoms with Crippen molar-refractivity contribution < 1.29 is 13.6 Å². The smallest absolute Gasteiger partial charge is 0.230 e. The van der Waals surface area contributed by atoms with Gasteiger partial charge in [-0.15, -0.1) is 11.8 Å². The van der Waals surface area contributed by atoms with Gasteiger partial charge in [0.25, 0.3) is 0 Å². The molecule has 6 heteroatoms. The van der Waals surface area contributed by atoms with E-state index >= 15 is 0 Å². The first kappa shape index (κ1) is 18.4. The monoisotopic (exact) mass is 394 g/mol. The molecule has 0 spiro atoms. The molecular weight excluding hydrogens is 375 g/mol. The third-order valence-electron chi connectivity index (χ3n) is 4.39. The number of hydrogen-bond donors (Lipinski definition) is 1. The van der Waals surface area contributed by atoms with Crippen LogP contribution in [-0.4, -0.2) is 16.2 Å². The van der Waals surface area contributed by atoms with Crippen molar-refractivity contribution in [1.29, 1.82) is 0 Å². The molecule has 0 saturated heterocycles. The van der Waals surface area contributed by atoms with E-state index < -0.39 is 0 Å². The average Bonchev–Trinajstić information content (AvgIpc) is 3.33. The number of benzene rings is 2. The van der Waals surface area contributed by atoms with Crippen LogP contribution in [0.1, 0.15) is 11.3 Å². The summed E-state index contributed by atoms with van der Waals surface area (Å²) in [5.74, 6) is 0.750. The second-order valence-corrected chi connectivity index (χ2v) is 7.43. The van der Waals surface area contributed by atoms with Gasteiger partial charge in [-0.3, -0.25) is 4.79 Å². The van der Waals surface area contributed by atoms with E-state index in [0.717, 1.165) is 27.1 Å². The Morgan fingerprint density at radius 3 is 2.82 bits per heavy atom. The van der Waals surface area contributed by atoms with E-state index in [-0.39, 0.29) is 11.7 Å². The molecule has 1 amide bonds. The summed E-state index contributed by atoms with van der Waals surface area (Å²) >= 11 is 1.49. The second kappa shape index (κ2) is 8.35. The van der Waals surface area contributed by atoms with Gasteiger partial charge in [0.1, 0.15) is 11.6 Å². The molecule has 4 nitrogen and oxygen atoms in total. The number of aromatic nitrogens is 1. The summed E-state index contributed by atoms with van der Waals surface area (Å²) in [5.41, 5.74) is 1.96. The van der Waals surface area contributed by atoms with Crippen LogP contribution in [0.25, 0.3) is 10.9 Å². The minimum atomic E-state index is -0.239. The highest BCUT2D eigenvalue weighted by Crippen LogP contribution is 2.30. The summed E-state index contributed by atoms with van der Waals surface area (Å²) in [6.45, 7) is 0.956. The molecule has 4 aromatic rings. The van der Waals surface area contributed by atoms with Gasteiger partial charge < -0.3 is 14.3 Å². The van der Waals surface area contributed by atoms with Crippen LogP contribution in [0.3, 0.4) is 0 Å². The van der Waals surface area contributed by atoms with Crippen LogP contribution in [0.2, 0.25) is 0 Å². The summed E-state index contributed by atoms with van der Waals surface area (Å²) in [4.78, 5) is 13.2. The van der Waals surface area contributed by atoms with Crippen molar-refractivity contribution in [3.05, 3.63) is 90.3 Å². The minimum Gasteiger partial charge on any atom is -0.467 e. The maximum Gasteiger partial charge on any atom is 0.230 e. The molecule has 0 aliphatic rings. The SMILES string of the molecule is O=C(CSc1cn(Cc2cccc(F)c2)c2ccccc12)NCc1ccco1. The fourth-order valence-corrected chi connectivity index (χ4v) is 4.00. The van der Waals surface area contributed by atoms with E-state index in [1.165, 1.54) is 17.8 Å². The van der Waals surface area contributed by atoms with Gasteiger partial charge in [0.15, 0.2) is 0 Å². The molecule has 0 aliphatic heterocycles. The van der Waals surface area contributed by atoms with Gasteiger partial charge in [0.2, 0.25) is 5.91 Å². The lowest BCUT2D eigenvalue weighted by Crippen LogP contribution is -2.24. The van der Waals surface area contributed by atoms with Crippen molar-refractivity contribution in [1.82, 2.24) is 9.88 Å². The molecule has 28 heavy (non-hydrogen) atoms. The Hall–Kier alpha value is -2.99. The van der Waals surface area contributed by atoms with Crippen LogP contribution in [0.15, 0.2) is 82.4 Å². The number of thioether (sulfide) groups is 1. The molecule has 0 unspecified atom stereocenters. The molecule has 0 aliphatic carbocycles. The molecule has 2 aromatic heterocycles. The highest BCUT2D eigenvalue weighted by atomic mass is 32.2. The number of amides is 1. The average molecular weight is 394 g/mol. The summed E-state index contributed by atoms with van der Waals surface area (Å²) < 4.78 is 20.8. The fraction of sp³-hybridized carbons (Fsp3) is 0.136. The highest BCUT2D eigenvalue weighted by Gasteiger charge is 2.11. The number of nitrogens with zero attached hydrogens (tertiary/aromatic N) is 1. The van der Waals surface area contributed by atoms with Crippen molar-refractivity contribution in [2.75, 3.05) is 5.75 Å². The lowest BCUT2D eigenvalue weighted by Gasteiger charge is -2.05. The first-order valence-electron chi connectivity index (χ1n) is 8.93. The molecule has 142 valence electrons. The number of nitrogens with one attached hydrogen (secondary N) is 1. The Balaban J connectivity index is 1.47. The number of fused-ring (bicyclic) bond motifs is 1. The third-order valence-corrected chi connectivity index (χ3v) is 5.44. The predicted molar refractivity (Wildman–Crippen MR) is 109 cm³/mol. The number of furan rings is 1. The van der Waals surface area contributed by atoms with Crippen LogP contribution >= 0.6 is 11.8 Å². The fourth-order valence-electron chi connectivity index (χ4n) is 3.08. The van der Waals surface area contributed by atoms with E-state index in [1.807, 2.05) is 42.6 Å². The Labute approximate surface area is 166 Å². The first-order chi connectivity index (χ1) is 13.7. The van der Waals surface area contributed by atoms with Gasteiger partial charge >= 0.3 is 0 Å². The molecule has 2 heterocycles. The van der Waals surface area contributed by atoms with Crippen molar-refractivity contribution in [2.24, 2.45) is 0 Å². The number of halogens is 1. The maximum atomic E-state index is 13.5. The van der Waals surface area contributed by atoms with Gasteiger partial charge in [-0.05, 0) is 35.9 Å². The third kappa shape index (κ3) is 4.28. The Morgan fingerprint density at radius 1 is 1.11 bits per heavy atom. The van der Waals surface area contributed by atoms with Crippen molar-refractivity contribution in [3.8, 4) is 0 Å². The van der Waals surface area contributed by atoms with Gasteiger partial charge in [0.05, 0.1) is 18.6 Å². The molecule has 4 rings (SSSR count). The van der Waals surface area contributed by atoms with E-state index in [1.54, 1.807) is 24.5 Å². The standard InChI is InChI=1S/C22H19FN2O2S/c23-17-6-3-5-16(11-17)13-25-14-21(19-8-1-2-9-20(19)25)28-15-22(26)24-12-18-7-4-10-27-18/h1-11,14H,12-13,15H2,(H,24,26). The lowest BCUT2D eigenvalue weighted by atomic mass is 10.2. The number of rotatable bonds is 7. The zero-order valence-corrected chi connectivity index (χ0v) is 15.9. The Morgan fingerprint density at radius 2 is 2.00 bits per heavy atom. The summed E-state index contributed by atoms with van der Waals surface area (Å²) in [5, 5.41) is 3.94. The van der Waals surface area contributed by atoms with Crippen LogP contribution in [-0.2, 0) is 17.9 Å². The van der Waals surface area contributed by atoms with Crippen molar-refractivity contribution in [2.45, 2.75) is 18.0 Å². The highest BCUT2D eigenvalue weighted by molar-refractivity contribution is 8.00. The van der Waals surface area contributed by atoms with Crippen LogP contribution < -0.4 is 5.32 Å². The zero-order valence-electron chi connectivity index (χ0n) is 15.1. The molecule has 0 radical (unpaired) electrons. The molecule has 0 fully saturated rings. The number of hydrogen-bond acceptors (Lipinski definition) is 3. The largest absolute Gasteiger partial charge is 0.467 e. The Kier molecular flexibility index (Phi) is 5.48. The number of carbonyl (C=O) groups excluding carboxylic acids is 1. The molecule has 0 atom stereocenters. The Bertz CT molecular complexity index is 1090. The van der Waals surface area contributed by atoms with Crippen LogP contribution in [0.4, 0.5) is 4.39 Å². The summed E-state index contributed by atoms with van der Waals surface area (Å²) in [6.07, 6.45) is 3.61. The van der Waals surface area contributed by atoms with Gasteiger partial charge in [-0.2, -0.15) is 0 Å². The van der Waals surface area contributed by atoms with Gasteiger partial charge in [0, 0.05) is 28.5 Å². The predicted octanol–water partition coefficient (Wildman–Crippen LogP) is 4.83. The molecule has 0 saturated carbocycles. The topological polar surface area (TPSA) is 47.2 Å². The number of para-hydroxylation sites is 1. The van der Waals surface area contributed by atoms with Crippen LogP contribution in [0, 0.1) is 5.82 Å². The van der Waals surface area contributed by atoms with Crippen LogP contribution in [0.5, 0.6) is 0 Å². The first-order valence-corrected chi connectivity index (χ1v) is 9.92. The van der Waals surface area contributed by atoms with E-state index in [2.05, 4.69) is 9.88 Å². The van der Waals surface area contributed by atoms with E-state index in [0.29, 0.717) is 18.8 Å². The maximum absolute atomic E-state index is 13.5. The number of carbonyl (C=O) groups is 1. The molecular formula is C22H19FN2O2S. The minimum absolute atomic E-state index is 0.0524. The zero-order chi connectivity index (χ0) is 19.3. The lowest BCUT2D eigenvalue weighted by molar-refractivity contribution is -0.118. The van der Waals surface area contributed by atoms with Gasteiger partial charge in [-0.1, -0.05) is 30.3 Å². The van der Waals surface area contributed by atoms with Crippen molar-refractivity contribution >= 4 is 28.6 Å². The second-order valence-electron chi connectivity index (χ2n) is 6.41. The van der Waals surface area contributed by atoms with E-state index in [4.69, 9.17) is 4.42 Å².